The Hall–Kier alpha value is -2.54. The van der Waals surface area contributed by atoms with Gasteiger partial charge in [0.1, 0.15) is 5.75 Å². The van der Waals surface area contributed by atoms with Crippen LogP contribution in [-0.2, 0) is 10.0 Å². The van der Waals surface area contributed by atoms with Crippen molar-refractivity contribution >= 4 is 21.6 Å². The van der Waals surface area contributed by atoms with Crippen LogP contribution >= 0.6 is 0 Å². The van der Waals surface area contributed by atoms with E-state index in [1.54, 1.807) is 11.0 Å². The highest BCUT2D eigenvalue weighted by atomic mass is 32.2. The summed E-state index contributed by atoms with van der Waals surface area (Å²) in [7, 11) is -2.37. The Labute approximate surface area is 172 Å². The summed E-state index contributed by atoms with van der Waals surface area (Å²) in [6.45, 7) is 5.07. The second kappa shape index (κ2) is 8.86. The maximum Gasteiger partial charge on any atom is 0.261 e. The number of sulfonamides is 1. The van der Waals surface area contributed by atoms with E-state index in [9.17, 15) is 13.2 Å². The summed E-state index contributed by atoms with van der Waals surface area (Å²) < 4.78 is 34.1. The molecule has 0 aliphatic carbocycles. The standard InChI is InChI=1S/C22H28N2O4S/c1-16-9-8-10-17(2)21(16)23-29(26,27)18-11-12-20(28-3)19(15-18)22(25)24-13-6-4-5-7-14-24/h8-12,15,23H,4-7,13-14H2,1-3H3. The lowest BCUT2D eigenvalue weighted by molar-refractivity contribution is 0.0758. The Kier molecular flexibility index (Phi) is 6.47. The number of aryl methyl sites for hydroxylation is 2. The van der Waals surface area contributed by atoms with Gasteiger partial charge in [-0.05, 0) is 56.0 Å². The molecule has 1 amide bonds. The molecule has 6 nitrogen and oxygen atoms in total. The van der Waals surface area contributed by atoms with E-state index in [0.717, 1.165) is 36.8 Å². The topological polar surface area (TPSA) is 75.7 Å². The lowest BCUT2D eigenvalue weighted by Gasteiger charge is -2.22. The summed E-state index contributed by atoms with van der Waals surface area (Å²) in [4.78, 5) is 14.9. The highest BCUT2D eigenvalue weighted by molar-refractivity contribution is 7.92. The normalized spacial score (nSPS) is 14.9. The molecule has 0 saturated carbocycles. The van der Waals surface area contributed by atoms with Gasteiger partial charge in [-0.3, -0.25) is 9.52 Å². The molecule has 0 atom stereocenters. The molecule has 2 aromatic carbocycles. The number of benzene rings is 2. The third kappa shape index (κ3) is 4.72. The molecule has 0 unspecified atom stereocenters. The maximum atomic E-state index is 13.1. The highest BCUT2D eigenvalue weighted by Gasteiger charge is 2.24. The zero-order valence-corrected chi connectivity index (χ0v) is 18.0. The number of ether oxygens (including phenoxy) is 1. The summed E-state index contributed by atoms with van der Waals surface area (Å²) in [5, 5.41) is 0. The van der Waals surface area contributed by atoms with Crippen molar-refractivity contribution in [2.75, 3.05) is 24.9 Å². The second-order valence-electron chi connectivity index (χ2n) is 7.44. The largest absolute Gasteiger partial charge is 0.496 e. The average molecular weight is 417 g/mol. The SMILES string of the molecule is COc1ccc(S(=O)(=O)Nc2c(C)cccc2C)cc1C(=O)N1CCCCCC1. The van der Waals surface area contributed by atoms with Crippen molar-refractivity contribution in [3.63, 3.8) is 0 Å². The van der Waals surface area contributed by atoms with E-state index in [1.165, 1.54) is 19.2 Å². The lowest BCUT2D eigenvalue weighted by Crippen LogP contribution is -2.32. The molecule has 0 spiro atoms. The van der Waals surface area contributed by atoms with Crippen LogP contribution in [0.5, 0.6) is 5.75 Å². The van der Waals surface area contributed by atoms with Gasteiger partial charge in [0, 0.05) is 13.1 Å². The Bertz CT molecular complexity index is 974. The predicted octanol–water partition coefficient (Wildman–Crippen LogP) is 4.13. The number of hydrogen-bond donors (Lipinski definition) is 1. The molecule has 1 aliphatic rings. The van der Waals surface area contributed by atoms with Crippen molar-refractivity contribution in [3.05, 3.63) is 53.1 Å². The van der Waals surface area contributed by atoms with E-state index in [1.807, 2.05) is 32.0 Å². The van der Waals surface area contributed by atoms with Gasteiger partial charge in [-0.2, -0.15) is 0 Å². The first-order valence-corrected chi connectivity index (χ1v) is 11.4. The summed E-state index contributed by atoms with van der Waals surface area (Å²) >= 11 is 0. The van der Waals surface area contributed by atoms with Gasteiger partial charge in [-0.25, -0.2) is 8.42 Å². The highest BCUT2D eigenvalue weighted by Crippen LogP contribution is 2.28. The number of amides is 1. The molecular weight excluding hydrogens is 388 g/mol. The molecule has 1 aliphatic heterocycles. The van der Waals surface area contributed by atoms with Crippen molar-refractivity contribution in [2.24, 2.45) is 0 Å². The Morgan fingerprint density at radius 2 is 1.62 bits per heavy atom. The van der Waals surface area contributed by atoms with Gasteiger partial charge < -0.3 is 9.64 Å². The number of methoxy groups -OCH3 is 1. The number of likely N-dealkylation sites (tertiary alicyclic amines) is 1. The molecule has 2 aromatic rings. The maximum absolute atomic E-state index is 13.1. The Morgan fingerprint density at radius 1 is 1.00 bits per heavy atom. The summed E-state index contributed by atoms with van der Waals surface area (Å²) in [6.07, 6.45) is 4.13. The van der Waals surface area contributed by atoms with Crippen LogP contribution in [0.1, 0.15) is 47.2 Å². The summed E-state index contributed by atoms with van der Waals surface area (Å²) in [6, 6.07) is 10.0. The van der Waals surface area contributed by atoms with Crippen LogP contribution in [0, 0.1) is 13.8 Å². The fourth-order valence-electron chi connectivity index (χ4n) is 3.63. The molecule has 1 fully saturated rings. The fraction of sp³-hybridized carbons (Fsp3) is 0.409. The number of anilines is 1. The van der Waals surface area contributed by atoms with Gasteiger partial charge in [0.05, 0.1) is 23.3 Å². The predicted molar refractivity (Wildman–Crippen MR) is 114 cm³/mol. The lowest BCUT2D eigenvalue weighted by atomic mass is 10.1. The van der Waals surface area contributed by atoms with Crippen LogP contribution in [0.15, 0.2) is 41.3 Å². The molecule has 1 heterocycles. The molecule has 3 rings (SSSR count). The van der Waals surface area contributed by atoms with E-state index in [-0.39, 0.29) is 16.4 Å². The molecule has 0 bridgehead atoms. The van der Waals surface area contributed by atoms with Gasteiger partial charge in [-0.1, -0.05) is 31.0 Å². The van der Waals surface area contributed by atoms with Crippen LogP contribution in [0.3, 0.4) is 0 Å². The van der Waals surface area contributed by atoms with Gasteiger partial charge in [0.15, 0.2) is 0 Å². The molecule has 7 heteroatoms. The molecular formula is C22H28N2O4S. The number of para-hydroxylation sites is 1. The van der Waals surface area contributed by atoms with E-state index in [2.05, 4.69) is 4.72 Å². The van der Waals surface area contributed by atoms with Gasteiger partial charge >= 0.3 is 0 Å². The van der Waals surface area contributed by atoms with Crippen molar-refractivity contribution in [1.82, 2.24) is 4.90 Å². The molecule has 156 valence electrons. The number of carbonyl (C=O) groups is 1. The Balaban J connectivity index is 1.96. The van der Waals surface area contributed by atoms with Gasteiger partial charge in [-0.15, -0.1) is 0 Å². The van der Waals surface area contributed by atoms with Crippen LogP contribution in [0.4, 0.5) is 5.69 Å². The van der Waals surface area contributed by atoms with E-state index >= 15 is 0 Å². The van der Waals surface area contributed by atoms with Crippen molar-refractivity contribution in [2.45, 2.75) is 44.4 Å². The molecule has 29 heavy (non-hydrogen) atoms. The molecule has 0 radical (unpaired) electrons. The molecule has 1 saturated heterocycles. The van der Waals surface area contributed by atoms with E-state index in [4.69, 9.17) is 4.74 Å². The summed E-state index contributed by atoms with van der Waals surface area (Å²) in [5.74, 6) is 0.193. The van der Waals surface area contributed by atoms with Gasteiger partial charge in [0.25, 0.3) is 15.9 Å². The van der Waals surface area contributed by atoms with Crippen LogP contribution < -0.4 is 9.46 Å². The second-order valence-corrected chi connectivity index (χ2v) is 9.12. The minimum atomic E-state index is -3.85. The van der Waals surface area contributed by atoms with Crippen LogP contribution in [0.25, 0.3) is 0 Å². The van der Waals surface area contributed by atoms with Crippen LogP contribution in [-0.4, -0.2) is 39.4 Å². The van der Waals surface area contributed by atoms with E-state index in [0.29, 0.717) is 24.5 Å². The summed E-state index contributed by atoms with van der Waals surface area (Å²) in [5.41, 5.74) is 2.51. The Morgan fingerprint density at radius 3 is 2.21 bits per heavy atom. The third-order valence-electron chi connectivity index (χ3n) is 5.32. The number of rotatable bonds is 5. The minimum absolute atomic E-state index is 0.0409. The van der Waals surface area contributed by atoms with E-state index < -0.39 is 10.0 Å². The van der Waals surface area contributed by atoms with Gasteiger partial charge in [0.2, 0.25) is 0 Å². The van der Waals surface area contributed by atoms with Crippen molar-refractivity contribution < 1.29 is 17.9 Å². The number of nitrogens with zero attached hydrogens (tertiary/aromatic N) is 1. The first-order chi connectivity index (χ1) is 13.8. The van der Waals surface area contributed by atoms with Crippen molar-refractivity contribution in [1.29, 1.82) is 0 Å². The first-order valence-electron chi connectivity index (χ1n) is 9.90. The average Bonchev–Trinajstić information content (AvgIpc) is 2.99. The molecule has 0 aromatic heterocycles. The third-order valence-corrected chi connectivity index (χ3v) is 6.67. The first kappa shape index (κ1) is 21.2. The molecule has 1 N–H and O–H groups in total. The fourth-order valence-corrected chi connectivity index (χ4v) is 4.86. The quantitative estimate of drug-likeness (QED) is 0.795. The minimum Gasteiger partial charge on any atom is -0.496 e. The van der Waals surface area contributed by atoms with Crippen LogP contribution in [0.2, 0.25) is 0 Å². The monoisotopic (exact) mass is 416 g/mol. The number of carbonyl (C=O) groups excluding carboxylic acids is 1. The zero-order valence-electron chi connectivity index (χ0n) is 17.2. The number of nitrogens with one attached hydrogen (secondary N) is 1. The van der Waals surface area contributed by atoms with Crippen molar-refractivity contribution in [3.8, 4) is 5.75 Å². The number of hydrogen-bond acceptors (Lipinski definition) is 4. The zero-order chi connectivity index (χ0) is 21.0. The smallest absolute Gasteiger partial charge is 0.261 e.